The fourth-order valence-corrected chi connectivity index (χ4v) is 1.70. The van der Waals surface area contributed by atoms with Crippen LogP contribution in [0.4, 0.5) is 4.39 Å². The van der Waals surface area contributed by atoms with Gasteiger partial charge in [-0.05, 0) is 29.8 Å². The van der Waals surface area contributed by atoms with Gasteiger partial charge in [-0.3, -0.25) is 4.79 Å². The summed E-state index contributed by atoms with van der Waals surface area (Å²) in [5.74, 6) is -1.60. The molecule has 0 heterocycles. The molecule has 3 N–H and O–H groups in total. The molecule has 0 aliphatic rings. The van der Waals surface area contributed by atoms with Crippen molar-refractivity contribution < 1.29 is 19.4 Å². The smallest absolute Gasteiger partial charge is 0.244 e. The van der Waals surface area contributed by atoms with Crippen LogP contribution in [-0.4, -0.2) is 22.3 Å². The van der Waals surface area contributed by atoms with Gasteiger partial charge in [-0.1, -0.05) is 18.2 Å². The van der Waals surface area contributed by atoms with E-state index in [1.165, 1.54) is 24.3 Å². The zero-order chi connectivity index (χ0) is 15.2. The van der Waals surface area contributed by atoms with Gasteiger partial charge in [0.2, 0.25) is 5.91 Å². The number of benzene rings is 2. The van der Waals surface area contributed by atoms with Gasteiger partial charge in [0, 0.05) is 5.56 Å². The summed E-state index contributed by atoms with van der Waals surface area (Å²) in [5.41, 5.74) is 3.06. The summed E-state index contributed by atoms with van der Waals surface area (Å²) in [5, 5.41) is 22.4. The van der Waals surface area contributed by atoms with Crippen molar-refractivity contribution in [3.05, 3.63) is 59.4 Å². The van der Waals surface area contributed by atoms with Gasteiger partial charge in [0.15, 0.2) is 11.6 Å². The number of hydrogen-bond donors (Lipinski definition) is 3. The van der Waals surface area contributed by atoms with Crippen molar-refractivity contribution in [1.82, 2.24) is 5.43 Å². The molecule has 0 saturated heterocycles. The lowest BCUT2D eigenvalue weighted by molar-refractivity contribution is -0.120. The van der Waals surface area contributed by atoms with E-state index in [9.17, 15) is 19.4 Å². The molecular formula is C15H13FN2O3. The highest BCUT2D eigenvalue weighted by molar-refractivity contribution is 5.85. The van der Waals surface area contributed by atoms with Crippen molar-refractivity contribution in [3.8, 4) is 11.5 Å². The highest BCUT2D eigenvalue weighted by Gasteiger charge is 2.05. The lowest BCUT2D eigenvalue weighted by atomic mass is 10.1. The second-order valence-electron chi connectivity index (χ2n) is 4.32. The van der Waals surface area contributed by atoms with Gasteiger partial charge in [0.25, 0.3) is 0 Å². The number of para-hydroxylation sites is 1. The van der Waals surface area contributed by atoms with Gasteiger partial charge in [-0.25, -0.2) is 9.82 Å². The second-order valence-corrected chi connectivity index (χ2v) is 4.32. The molecule has 0 aromatic heterocycles. The molecule has 2 aromatic rings. The monoisotopic (exact) mass is 288 g/mol. The van der Waals surface area contributed by atoms with Crippen molar-refractivity contribution in [1.29, 1.82) is 0 Å². The third kappa shape index (κ3) is 4.04. The maximum Gasteiger partial charge on any atom is 0.244 e. The van der Waals surface area contributed by atoms with Gasteiger partial charge >= 0.3 is 0 Å². The molecule has 0 unspecified atom stereocenters. The van der Waals surface area contributed by atoms with Crippen molar-refractivity contribution in [2.24, 2.45) is 5.10 Å². The number of hydrazone groups is 1. The molecule has 0 spiro atoms. The Morgan fingerprint density at radius 1 is 1.24 bits per heavy atom. The summed E-state index contributed by atoms with van der Waals surface area (Å²) >= 11 is 0. The van der Waals surface area contributed by atoms with Crippen molar-refractivity contribution >= 4 is 12.1 Å². The van der Waals surface area contributed by atoms with Crippen LogP contribution in [0, 0.1) is 5.82 Å². The molecule has 2 aromatic carbocycles. The molecular weight excluding hydrogens is 275 g/mol. The largest absolute Gasteiger partial charge is 0.508 e. The first-order valence-corrected chi connectivity index (χ1v) is 6.13. The molecule has 0 fully saturated rings. The fraction of sp³-hybridized carbons (Fsp3) is 0.0667. The zero-order valence-electron chi connectivity index (χ0n) is 11.0. The number of phenolic OH excluding ortho intramolecular Hbond substituents is 2. The Labute approximate surface area is 120 Å². The molecule has 0 bridgehead atoms. The lowest BCUT2D eigenvalue weighted by Gasteiger charge is -2.02. The first-order chi connectivity index (χ1) is 10.1. The molecule has 0 aliphatic heterocycles. The average Bonchev–Trinajstić information content (AvgIpc) is 2.43. The first kappa shape index (κ1) is 14.5. The van der Waals surface area contributed by atoms with Crippen LogP contribution in [0.2, 0.25) is 0 Å². The SMILES string of the molecule is O=C(Cc1cccc(O)c1)N/N=C/c1cccc(F)c1O. The second kappa shape index (κ2) is 6.51. The number of halogens is 1. The van der Waals surface area contributed by atoms with Crippen molar-refractivity contribution in [2.45, 2.75) is 6.42 Å². The summed E-state index contributed by atoms with van der Waals surface area (Å²) in [4.78, 5) is 11.6. The predicted octanol–water partition coefficient (Wildman–Crippen LogP) is 1.93. The topological polar surface area (TPSA) is 81.9 Å². The van der Waals surface area contributed by atoms with Crippen LogP contribution in [0.25, 0.3) is 0 Å². The van der Waals surface area contributed by atoms with E-state index < -0.39 is 17.5 Å². The number of amides is 1. The normalized spacial score (nSPS) is 10.7. The summed E-state index contributed by atoms with van der Waals surface area (Å²) in [6.45, 7) is 0. The number of carbonyl (C=O) groups excluding carboxylic acids is 1. The third-order valence-electron chi connectivity index (χ3n) is 2.69. The van der Waals surface area contributed by atoms with Crippen LogP contribution >= 0.6 is 0 Å². The number of rotatable bonds is 4. The fourth-order valence-electron chi connectivity index (χ4n) is 1.70. The van der Waals surface area contributed by atoms with Gasteiger partial charge in [-0.2, -0.15) is 5.10 Å². The molecule has 0 aliphatic carbocycles. The Morgan fingerprint density at radius 2 is 2.00 bits per heavy atom. The van der Waals surface area contributed by atoms with Crippen molar-refractivity contribution in [2.75, 3.05) is 0 Å². The van der Waals surface area contributed by atoms with E-state index in [1.807, 2.05) is 0 Å². The zero-order valence-corrected chi connectivity index (χ0v) is 11.0. The maximum atomic E-state index is 13.1. The van der Waals surface area contributed by atoms with Crippen LogP contribution in [-0.2, 0) is 11.2 Å². The van der Waals surface area contributed by atoms with Crippen molar-refractivity contribution in [3.63, 3.8) is 0 Å². The quantitative estimate of drug-likeness (QED) is 0.594. The molecule has 21 heavy (non-hydrogen) atoms. The first-order valence-electron chi connectivity index (χ1n) is 6.13. The third-order valence-corrected chi connectivity index (χ3v) is 2.69. The van der Waals surface area contributed by atoms with E-state index >= 15 is 0 Å². The number of nitrogens with one attached hydrogen (secondary N) is 1. The molecule has 0 atom stereocenters. The summed E-state index contributed by atoms with van der Waals surface area (Å²) < 4.78 is 13.1. The van der Waals surface area contributed by atoms with E-state index in [1.54, 1.807) is 12.1 Å². The molecule has 2 rings (SSSR count). The average molecular weight is 288 g/mol. The number of nitrogens with zero attached hydrogens (tertiary/aromatic N) is 1. The van der Waals surface area contributed by atoms with Gasteiger partial charge in [0.05, 0.1) is 12.6 Å². The molecule has 5 nitrogen and oxygen atoms in total. The van der Waals surface area contributed by atoms with Crippen LogP contribution in [0.15, 0.2) is 47.6 Å². The summed E-state index contributed by atoms with van der Waals surface area (Å²) in [6.07, 6.45) is 1.19. The highest BCUT2D eigenvalue weighted by atomic mass is 19.1. The molecule has 0 saturated carbocycles. The Kier molecular flexibility index (Phi) is 4.50. The Bertz CT molecular complexity index is 686. The molecule has 0 radical (unpaired) electrons. The number of aromatic hydroxyl groups is 2. The van der Waals surface area contributed by atoms with Crippen LogP contribution in [0.1, 0.15) is 11.1 Å². The van der Waals surface area contributed by atoms with Crippen LogP contribution in [0.3, 0.4) is 0 Å². The number of hydrogen-bond acceptors (Lipinski definition) is 4. The van der Waals surface area contributed by atoms with E-state index in [2.05, 4.69) is 10.5 Å². The minimum Gasteiger partial charge on any atom is -0.508 e. The van der Waals surface area contributed by atoms with E-state index in [-0.39, 0.29) is 17.7 Å². The van der Waals surface area contributed by atoms with E-state index in [0.717, 1.165) is 12.3 Å². The molecule has 108 valence electrons. The van der Waals surface area contributed by atoms with Crippen LogP contribution < -0.4 is 5.43 Å². The molecule has 1 amide bonds. The van der Waals surface area contributed by atoms with Crippen LogP contribution in [0.5, 0.6) is 11.5 Å². The number of phenols is 2. The van der Waals surface area contributed by atoms with E-state index in [4.69, 9.17) is 0 Å². The Morgan fingerprint density at radius 3 is 2.76 bits per heavy atom. The van der Waals surface area contributed by atoms with Gasteiger partial charge < -0.3 is 10.2 Å². The minimum absolute atomic E-state index is 0.0425. The summed E-state index contributed by atoms with van der Waals surface area (Å²) in [7, 11) is 0. The Balaban J connectivity index is 1.95. The van der Waals surface area contributed by atoms with Gasteiger partial charge in [0.1, 0.15) is 5.75 Å². The van der Waals surface area contributed by atoms with E-state index in [0.29, 0.717) is 5.56 Å². The summed E-state index contributed by atoms with van der Waals surface area (Å²) in [6, 6.07) is 10.3. The molecule has 6 heteroatoms. The van der Waals surface area contributed by atoms with Gasteiger partial charge in [-0.15, -0.1) is 0 Å². The number of carbonyl (C=O) groups is 1. The lowest BCUT2D eigenvalue weighted by Crippen LogP contribution is -2.19. The Hall–Kier alpha value is -2.89. The minimum atomic E-state index is -0.759. The highest BCUT2D eigenvalue weighted by Crippen LogP contribution is 2.18. The standard InChI is InChI=1S/C15H13FN2O3/c16-13-6-2-4-11(15(13)21)9-17-18-14(20)8-10-3-1-5-12(19)7-10/h1-7,9,19,21H,8H2,(H,18,20)/b17-9+. The maximum absolute atomic E-state index is 13.1. The predicted molar refractivity (Wildman–Crippen MR) is 75.6 cm³/mol.